The highest BCUT2D eigenvalue weighted by molar-refractivity contribution is 6.30. The monoisotopic (exact) mass is 430 g/mol. The van der Waals surface area contributed by atoms with Crippen LogP contribution in [0.25, 0.3) is 0 Å². The molecule has 152 valence electrons. The summed E-state index contributed by atoms with van der Waals surface area (Å²) in [7, 11) is 0. The van der Waals surface area contributed by atoms with Gasteiger partial charge in [0.25, 0.3) is 0 Å². The summed E-state index contributed by atoms with van der Waals surface area (Å²) in [6.07, 6.45) is 2.92. The molecule has 0 radical (unpaired) electrons. The van der Waals surface area contributed by atoms with Crippen molar-refractivity contribution in [2.24, 2.45) is 17.6 Å². The quantitative estimate of drug-likeness (QED) is 0.703. The van der Waals surface area contributed by atoms with Gasteiger partial charge in [0.2, 0.25) is 11.8 Å². The highest BCUT2D eigenvalue weighted by Crippen LogP contribution is 2.47. The molecule has 2 aromatic rings. The highest BCUT2D eigenvalue weighted by Gasteiger charge is 2.45. The molecule has 4 nitrogen and oxygen atoms in total. The van der Waals surface area contributed by atoms with E-state index in [-0.39, 0.29) is 24.3 Å². The third-order valence-corrected chi connectivity index (χ3v) is 6.46. The van der Waals surface area contributed by atoms with Crippen molar-refractivity contribution < 1.29 is 9.59 Å². The fourth-order valence-electron chi connectivity index (χ4n) is 4.45. The first-order chi connectivity index (χ1) is 13.9. The first kappa shape index (κ1) is 20.2. The van der Waals surface area contributed by atoms with Crippen LogP contribution in [0.2, 0.25) is 10.0 Å². The summed E-state index contributed by atoms with van der Waals surface area (Å²) < 4.78 is 0. The molecule has 1 heterocycles. The van der Waals surface area contributed by atoms with Crippen LogP contribution >= 0.6 is 23.2 Å². The van der Waals surface area contributed by atoms with Gasteiger partial charge in [0.15, 0.2) is 0 Å². The fraction of sp³-hybridized carbons (Fsp3) is 0.391. The van der Waals surface area contributed by atoms with E-state index in [9.17, 15) is 9.59 Å². The Bertz CT molecular complexity index is 911. The number of rotatable bonds is 6. The van der Waals surface area contributed by atoms with Crippen molar-refractivity contribution in [1.82, 2.24) is 4.90 Å². The first-order valence-electron chi connectivity index (χ1n) is 10.0. The van der Waals surface area contributed by atoms with Gasteiger partial charge in [-0.25, -0.2) is 0 Å². The van der Waals surface area contributed by atoms with Gasteiger partial charge < -0.3 is 10.6 Å². The SMILES string of the molecule is NC(=O)C[C@H]1CC(c2cccc(Cl)c2)[C@@H](c2ccc(Cl)cc2)N(CC2CC2)C1=O. The number of piperidine rings is 1. The molecule has 0 bridgehead atoms. The third kappa shape index (κ3) is 4.59. The number of hydrogen-bond donors (Lipinski definition) is 1. The van der Waals surface area contributed by atoms with Crippen molar-refractivity contribution in [3.8, 4) is 0 Å². The average Bonchev–Trinajstić information content (AvgIpc) is 3.49. The van der Waals surface area contributed by atoms with Crippen LogP contribution in [0.3, 0.4) is 0 Å². The number of nitrogens with two attached hydrogens (primary N) is 1. The number of nitrogens with zero attached hydrogens (tertiary/aromatic N) is 1. The average molecular weight is 431 g/mol. The summed E-state index contributed by atoms with van der Waals surface area (Å²) in [4.78, 5) is 27.0. The van der Waals surface area contributed by atoms with Crippen molar-refractivity contribution >= 4 is 35.0 Å². The molecule has 1 saturated carbocycles. The van der Waals surface area contributed by atoms with Crippen LogP contribution in [0.4, 0.5) is 0 Å². The number of carbonyl (C=O) groups is 2. The zero-order valence-corrected chi connectivity index (χ0v) is 17.6. The Labute approximate surface area is 181 Å². The zero-order valence-electron chi connectivity index (χ0n) is 16.1. The standard InChI is InChI=1S/C23H24Cl2N2O2/c24-18-8-6-15(7-9-18)22-20(16-2-1-3-19(25)10-16)11-17(12-21(26)28)23(29)27(22)13-14-4-5-14/h1-3,6-10,14,17,20,22H,4-5,11-13H2,(H2,26,28)/t17-,20?,22-/m1/s1. The van der Waals surface area contributed by atoms with Crippen LogP contribution in [0.1, 0.15) is 48.8 Å². The number of primary amides is 1. The molecule has 1 aliphatic carbocycles. The molecule has 2 aliphatic rings. The van der Waals surface area contributed by atoms with Gasteiger partial charge in [0.1, 0.15) is 0 Å². The Morgan fingerprint density at radius 3 is 2.38 bits per heavy atom. The summed E-state index contributed by atoms with van der Waals surface area (Å²) >= 11 is 12.4. The molecule has 1 unspecified atom stereocenters. The van der Waals surface area contributed by atoms with Crippen LogP contribution in [-0.2, 0) is 9.59 Å². The number of hydrogen-bond acceptors (Lipinski definition) is 2. The normalized spacial score (nSPS) is 24.6. The lowest BCUT2D eigenvalue weighted by molar-refractivity contribution is -0.145. The molecule has 29 heavy (non-hydrogen) atoms. The van der Waals surface area contributed by atoms with Crippen LogP contribution < -0.4 is 5.73 Å². The van der Waals surface area contributed by atoms with E-state index in [1.54, 1.807) is 0 Å². The van der Waals surface area contributed by atoms with E-state index >= 15 is 0 Å². The minimum absolute atomic E-state index is 0.0222. The van der Waals surface area contributed by atoms with Crippen LogP contribution in [0, 0.1) is 11.8 Å². The molecule has 4 rings (SSSR count). The van der Waals surface area contributed by atoms with Gasteiger partial charge in [-0.2, -0.15) is 0 Å². The van der Waals surface area contributed by atoms with Crippen LogP contribution in [0.15, 0.2) is 48.5 Å². The maximum Gasteiger partial charge on any atom is 0.226 e. The van der Waals surface area contributed by atoms with Gasteiger partial charge in [-0.05, 0) is 60.6 Å². The van der Waals surface area contributed by atoms with Crippen LogP contribution in [0.5, 0.6) is 0 Å². The van der Waals surface area contributed by atoms with Gasteiger partial charge in [0, 0.05) is 34.8 Å². The highest BCUT2D eigenvalue weighted by atomic mass is 35.5. The third-order valence-electron chi connectivity index (χ3n) is 5.98. The van der Waals surface area contributed by atoms with E-state index in [0.29, 0.717) is 28.9 Å². The number of carbonyl (C=O) groups excluding carboxylic acids is 2. The van der Waals surface area contributed by atoms with E-state index in [0.717, 1.165) is 24.0 Å². The topological polar surface area (TPSA) is 63.4 Å². The molecule has 0 aromatic heterocycles. The summed E-state index contributed by atoms with van der Waals surface area (Å²) in [6.45, 7) is 0.707. The Morgan fingerprint density at radius 2 is 1.76 bits per heavy atom. The lowest BCUT2D eigenvalue weighted by Crippen LogP contribution is -2.48. The molecule has 3 atom stereocenters. The minimum atomic E-state index is -0.440. The van der Waals surface area contributed by atoms with Crippen molar-refractivity contribution in [3.63, 3.8) is 0 Å². The summed E-state index contributed by atoms with van der Waals surface area (Å²) in [5.41, 5.74) is 7.59. The Kier molecular flexibility index (Phi) is 5.84. The molecular weight excluding hydrogens is 407 g/mol. The molecule has 2 aromatic carbocycles. The lowest BCUT2D eigenvalue weighted by atomic mass is 9.74. The van der Waals surface area contributed by atoms with E-state index in [4.69, 9.17) is 28.9 Å². The maximum atomic E-state index is 13.4. The second-order valence-electron chi connectivity index (χ2n) is 8.19. The Balaban J connectivity index is 1.78. The second kappa shape index (κ2) is 8.37. The largest absolute Gasteiger partial charge is 0.370 e. The predicted octanol–water partition coefficient (Wildman–Crippen LogP) is 4.95. The fourth-order valence-corrected chi connectivity index (χ4v) is 4.77. The maximum absolute atomic E-state index is 13.4. The Hall–Kier alpha value is -2.04. The summed E-state index contributed by atoms with van der Waals surface area (Å²) in [6, 6.07) is 15.4. The number of likely N-dealkylation sites (tertiary alicyclic amines) is 1. The number of benzene rings is 2. The molecule has 1 saturated heterocycles. The van der Waals surface area contributed by atoms with Crippen molar-refractivity contribution in [2.75, 3.05) is 6.54 Å². The van der Waals surface area contributed by atoms with E-state index in [2.05, 4.69) is 0 Å². The van der Waals surface area contributed by atoms with E-state index in [1.807, 2.05) is 53.4 Å². The van der Waals surface area contributed by atoms with Gasteiger partial charge in [0.05, 0.1) is 6.04 Å². The molecule has 2 fully saturated rings. The van der Waals surface area contributed by atoms with Crippen molar-refractivity contribution in [1.29, 1.82) is 0 Å². The van der Waals surface area contributed by atoms with E-state index < -0.39 is 11.8 Å². The lowest BCUT2D eigenvalue weighted by Gasteiger charge is -2.45. The molecule has 2 amide bonds. The minimum Gasteiger partial charge on any atom is -0.370 e. The summed E-state index contributed by atoms with van der Waals surface area (Å²) in [5, 5.41) is 1.32. The van der Waals surface area contributed by atoms with Crippen molar-refractivity contribution in [3.05, 3.63) is 69.7 Å². The van der Waals surface area contributed by atoms with Crippen molar-refractivity contribution in [2.45, 2.75) is 37.6 Å². The zero-order chi connectivity index (χ0) is 20.5. The van der Waals surface area contributed by atoms with E-state index in [1.165, 1.54) is 0 Å². The molecule has 0 spiro atoms. The van der Waals surface area contributed by atoms with Gasteiger partial charge in [-0.1, -0.05) is 47.5 Å². The molecule has 2 N–H and O–H groups in total. The first-order valence-corrected chi connectivity index (χ1v) is 10.8. The predicted molar refractivity (Wildman–Crippen MR) is 115 cm³/mol. The smallest absolute Gasteiger partial charge is 0.226 e. The summed E-state index contributed by atoms with van der Waals surface area (Å²) in [5.74, 6) is -0.269. The van der Waals surface area contributed by atoms with Gasteiger partial charge in [-0.3, -0.25) is 9.59 Å². The van der Waals surface area contributed by atoms with Gasteiger partial charge >= 0.3 is 0 Å². The Morgan fingerprint density at radius 1 is 1.03 bits per heavy atom. The molecule has 1 aliphatic heterocycles. The second-order valence-corrected chi connectivity index (χ2v) is 9.07. The van der Waals surface area contributed by atoms with Crippen LogP contribution in [-0.4, -0.2) is 23.3 Å². The number of halogens is 2. The number of amides is 2. The van der Waals surface area contributed by atoms with Gasteiger partial charge in [-0.15, -0.1) is 0 Å². The molecule has 6 heteroatoms. The molecular formula is C23H24Cl2N2O2.